The second-order valence-electron chi connectivity index (χ2n) is 5.53. The Bertz CT molecular complexity index is 773. The highest BCUT2D eigenvalue weighted by Gasteiger charge is 2.27. The molecule has 0 saturated carbocycles. The van der Waals surface area contributed by atoms with Crippen molar-refractivity contribution >= 4 is 29.0 Å². The lowest BCUT2D eigenvalue weighted by molar-refractivity contribution is -0.115. The zero-order valence-corrected chi connectivity index (χ0v) is 12.9. The van der Waals surface area contributed by atoms with E-state index >= 15 is 0 Å². The molecule has 2 N–H and O–H groups in total. The van der Waals surface area contributed by atoms with Gasteiger partial charge in [-0.1, -0.05) is 24.3 Å². The van der Waals surface area contributed by atoms with Gasteiger partial charge in [0.2, 0.25) is 11.8 Å². The normalized spacial score (nSPS) is 12.2. The quantitative estimate of drug-likeness (QED) is 0.764. The van der Waals surface area contributed by atoms with Crippen LogP contribution >= 0.6 is 0 Å². The van der Waals surface area contributed by atoms with Gasteiger partial charge in [0.15, 0.2) is 5.78 Å². The van der Waals surface area contributed by atoms with E-state index in [-0.39, 0.29) is 17.6 Å². The Morgan fingerprint density at radius 2 is 1.26 bits per heavy atom. The number of hydrogen-bond acceptors (Lipinski definition) is 3. The predicted octanol–water partition coefficient (Wildman–Crippen LogP) is 2.74. The highest BCUT2D eigenvalue weighted by molar-refractivity contribution is 6.14. The number of nitrogens with one attached hydrogen (secondary N) is 2. The van der Waals surface area contributed by atoms with Crippen LogP contribution in [-0.4, -0.2) is 17.6 Å². The Morgan fingerprint density at radius 3 is 1.65 bits per heavy atom. The molecule has 0 unspecified atom stereocenters. The van der Waals surface area contributed by atoms with Gasteiger partial charge in [0.05, 0.1) is 0 Å². The lowest BCUT2D eigenvalue weighted by Gasteiger charge is -2.23. The lowest BCUT2D eigenvalue weighted by Crippen LogP contribution is -2.20. The summed E-state index contributed by atoms with van der Waals surface area (Å²) in [6.45, 7) is 2.86. The van der Waals surface area contributed by atoms with Gasteiger partial charge < -0.3 is 10.6 Å². The van der Waals surface area contributed by atoms with E-state index in [1.807, 2.05) is 0 Å². The van der Waals surface area contributed by atoms with Crippen LogP contribution in [0.4, 0.5) is 11.4 Å². The van der Waals surface area contributed by atoms with Crippen LogP contribution in [0.15, 0.2) is 36.4 Å². The molecule has 0 radical (unpaired) electrons. The van der Waals surface area contributed by atoms with Gasteiger partial charge in [-0.05, 0) is 23.3 Å². The molecular weight excluding hydrogens is 292 g/mol. The second kappa shape index (κ2) is 5.68. The Hall–Kier alpha value is -2.95. The standard InChI is InChI=1S/C18H16N2O3/c1-10(21)19-16-7-3-5-12-14(16)9-15-13(18(12)23)6-4-8-17(15)20-11(2)22/h3-8H,9H2,1-2H3,(H,19,21)(H,20,22). The topological polar surface area (TPSA) is 75.3 Å². The zero-order chi connectivity index (χ0) is 16.6. The van der Waals surface area contributed by atoms with E-state index in [4.69, 9.17) is 0 Å². The summed E-state index contributed by atoms with van der Waals surface area (Å²) in [5, 5.41) is 5.53. The number of rotatable bonds is 2. The molecule has 0 aliphatic heterocycles. The van der Waals surface area contributed by atoms with E-state index in [0.29, 0.717) is 28.9 Å². The first-order valence-corrected chi connectivity index (χ1v) is 7.31. The molecule has 2 aromatic rings. The molecule has 2 aromatic carbocycles. The molecule has 0 aromatic heterocycles. The summed E-state index contributed by atoms with van der Waals surface area (Å²) in [7, 11) is 0. The van der Waals surface area contributed by atoms with Crippen molar-refractivity contribution in [3.63, 3.8) is 0 Å². The first-order chi connectivity index (χ1) is 11.0. The molecule has 1 aliphatic carbocycles. The molecule has 0 bridgehead atoms. The molecule has 0 heterocycles. The third-order valence-electron chi connectivity index (χ3n) is 3.82. The zero-order valence-electron chi connectivity index (χ0n) is 12.9. The van der Waals surface area contributed by atoms with Crippen molar-refractivity contribution in [1.29, 1.82) is 0 Å². The van der Waals surface area contributed by atoms with Gasteiger partial charge in [0.1, 0.15) is 0 Å². The van der Waals surface area contributed by atoms with Crippen molar-refractivity contribution < 1.29 is 14.4 Å². The highest BCUT2D eigenvalue weighted by Crippen LogP contribution is 2.35. The number of ketones is 1. The molecule has 2 amide bonds. The molecular formula is C18H16N2O3. The predicted molar refractivity (Wildman–Crippen MR) is 87.7 cm³/mol. The van der Waals surface area contributed by atoms with Crippen molar-refractivity contribution in [3.05, 3.63) is 58.7 Å². The van der Waals surface area contributed by atoms with Gasteiger partial charge in [-0.25, -0.2) is 0 Å². The largest absolute Gasteiger partial charge is 0.326 e. The number of amides is 2. The van der Waals surface area contributed by atoms with E-state index in [1.165, 1.54) is 13.8 Å². The number of carbonyl (C=O) groups excluding carboxylic acids is 3. The molecule has 0 spiro atoms. The third-order valence-corrected chi connectivity index (χ3v) is 3.82. The van der Waals surface area contributed by atoms with Gasteiger partial charge in [0, 0.05) is 42.8 Å². The van der Waals surface area contributed by atoms with Crippen LogP contribution in [0.5, 0.6) is 0 Å². The molecule has 116 valence electrons. The van der Waals surface area contributed by atoms with Gasteiger partial charge in [-0.15, -0.1) is 0 Å². The number of carbonyl (C=O) groups is 3. The fourth-order valence-corrected chi connectivity index (χ4v) is 2.92. The van der Waals surface area contributed by atoms with E-state index in [0.717, 1.165) is 11.1 Å². The first kappa shape index (κ1) is 15.0. The summed E-state index contributed by atoms with van der Waals surface area (Å²) in [6.07, 6.45) is 0.476. The monoisotopic (exact) mass is 308 g/mol. The minimum Gasteiger partial charge on any atom is -0.326 e. The van der Waals surface area contributed by atoms with Crippen LogP contribution in [0.1, 0.15) is 40.9 Å². The van der Waals surface area contributed by atoms with Crippen molar-refractivity contribution in [2.24, 2.45) is 0 Å². The van der Waals surface area contributed by atoms with Crippen LogP contribution in [0, 0.1) is 0 Å². The lowest BCUT2D eigenvalue weighted by atomic mass is 9.83. The second-order valence-corrected chi connectivity index (χ2v) is 5.53. The SMILES string of the molecule is CC(=O)Nc1cccc2c1Cc1c(NC(C)=O)cccc1C2=O. The van der Waals surface area contributed by atoms with Crippen LogP contribution < -0.4 is 10.6 Å². The molecule has 3 rings (SSSR count). The molecule has 0 fully saturated rings. The maximum absolute atomic E-state index is 12.8. The Kier molecular flexibility index (Phi) is 3.70. The summed E-state index contributed by atoms with van der Waals surface area (Å²) in [5.41, 5.74) is 3.99. The summed E-state index contributed by atoms with van der Waals surface area (Å²) in [5.74, 6) is -0.473. The van der Waals surface area contributed by atoms with Crippen molar-refractivity contribution in [3.8, 4) is 0 Å². The third kappa shape index (κ3) is 2.73. The summed E-state index contributed by atoms with van der Waals surface area (Å²) < 4.78 is 0. The maximum Gasteiger partial charge on any atom is 0.221 e. The molecule has 5 nitrogen and oxygen atoms in total. The maximum atomic E-state index is 12.8. The first-order valence-electron chi connectivity index (χ1n) is 7.31. The Labute approximate surface area is 133 Å². The molecule has 0 atom stereocenters. The number of benzene rings is 2. The van der Waals surface area contributed by atoms with Gasteiger partial charge >= 0.3 is 0 Å². The average Bonchev–Trinajstić information content (AvgIpc) is 2.48. The van der Waals surface area contributed by atoms with Gasteiger partial charge in [0.25, 0.3) is 0 Å². The minimum absolute atomic E-state index is 0.0966. The molecule has 1 aliphatic rings. The van der Waals surface area contributed by atoms with Crippen LogP contribution in [0.3, 0.4) is 0 Å². The summed E-state index contributed by atoms with van der Waals surface area (Å²) in [4.78, 5) is 35.5. The van der Waals surface area contributed by atoms with Crippen LogP contribution in [0.25, 0.3) is 0 Å². The van der Waals surface area contributed by atoms with E-state index < -0.39 is 0 Å². The highest BCUT2D eigenvalue weighted by atomic mass is 16.2. The van der Waals surface area contributed by atoms with Crippen molar-refractivity contribution in [2.45, 2.75) is 20.3 Å². The Balaban J connectivity index is 2.13. The molecule has 5 heteroatoms. The van der Waals surface area contributed by atoms with E-state index in [2.05, 4.69) is 10.6 Å². The summed E-state index contributed by atoms with van der Waals surface area (Å²) in [6, 6.07) is 10.6. The average molecular weight is 308 g/mol. The van der Waals surface area contributed by atoms with E-state index in [9.17, 15) is 14.4 Å². The van der Waals surface area contributed by atoms with Crippen molar-refractivity contribution in [2.75, 3.05) is 10.6 Å². The fourth-order valence-electron chi connectivity index (χ4n) is 2.92. The molecule has 23 heavy (non-hydrogen) atoms. The number of anilines is 2. The van der Waals surface area contributed by atoms with Gasteiger partial charge in [-0.2, -0.15) is 0 Å². The molecule has 0 saturated heterocycles. The van der Waals surface area contributed by atoms with Crippen LogP contribution in [0.2, 0.25) is 0 Å². The smallest absolute Gasteiger partial charge is 0.221 e. The minimum atomic E-state index is -0.188. The fraction of sp³-hybridized carbons (Fsp3) is 0.167. The van der Waals surface area contributed by atoms with E-state index in [1.54, 1.807) is 36.4 Å². The Morgan fingerprint density at radius 1 is 0.826 bits per heavy atom. The van der Waals surface area contributed by atoms with Crippen LogP contribution in [-0.2, 0) is 16.0 Å². The van der Waals surface area contributed by atoms with Gasteiger partial charge in [-0.3, -0.25) is 14.4 Å². The van der Waals surface area contributed by atoms with Crippen molar-refractivity contribution in [1.82, 2.24) is 0 Å². The number of hydrogen-bond donors (Lipinski definition) is 2. The number of fused-ring (bicyclic) bond motifs is 2. The summed E-state index contributed by atoms with van der Waals surface area (Å²) >= 11 is 0.